The molecule has 4 rings (SSSR count). The van der Waals surface area contributed by atoms with E-state index in [4.69, 9.17) is 4.74 Å². The van der Waals surface area contributed by atoms with Crippen molar-refractivity contribution in [3.63, 3.8) is 0 Å². The van der Waals surface area contributed by atoms with Crippen LogP contribution in [0.2, 0.25) is 0 Å². The molecule has 4 nitrogen and oxygen atoms in total. The molecular weight excluding hydrogens is 627 g/mol. The van der Waals surface area contributed by atoms with Gasteiger partial charge >= 0.3 is 0 Å². The van der Waals surface area contributed by atoms with Gasteiger partial charge in [0.2, 0.25) is 5.88 Å². The zero-order chi connectivity index (χ0) is 25.6. The Bertz CT molecular complexity index is 1180. The van der Waals surface area contributed by atoms with Crippen LogP contribution in [0.3, 0.4) is 0 Å². The molecule has 0 atom stereocenters. The fraction of sp³-hybridized carbons (Fsp3) is 0.419. The number of hydrogen-bond acceptors (Lipinski definition) is 4. The van der Waals surface area contributed by atoms with Crippen LogP contribution in [0.1, 0.15) is 78.7 Å². The summed E-state index contributed by atoms with van der Waals surface area (Å²) in [5.41, 5.74) is 0.741. The number of fused-ring (bicyclic) bond motifs is 1. The Kier molecular flexibility index (Phi) is 10.5. The maximum Gasteiger partial charge on any atom is 0.217 e. The van der Waals surface area contributed by atoms with Crippen LogP contribution in [0.15, 0.2) is 66.6 Å². The number of benzene rings is 2. The molecule has 0 amide bonds. The Morgan fingerprint density at radius 1 is 1.08 bits per heavy atom. The van der Waals surface area contributed by atoms with Gasteiger partial charge in [0, 0.05) is 60.4 Å². The van der Waals surface area contributed by atoms with Crippen LogP contribution in [-0.2, 0) is 24.9 Å². The van der Waals surface area contributed by atoms with Gasteiger partial charge in [0.25, 0.3) is 0 Å². The third-order valence-electron chi connectivity index (χ3n) is 7.08. The molecular formula is C31H38IrNO3-. The van der Waals surface area contributed by atoms with Gasteiger partial charge in [-0.05, 0) is 42.6 Å². The molecule has 1 aromatic heterocycles. The van der Waals surface area contributed by atoms with E-state index >= 15 is 0 Å². The largest absolute Gasteiger partial charge is 0.512 e. The number of carbonyl (C=O) groups is 1. The Morgan fingerprint density at radius 3 is 2.36 bits per heavy atom. The molecule has 1 radical (unpaired) electrons. The topological polar surface area (TPSA) is 59.4 Å². The normalized spacial score (nSPS) is 13.9. The van der Waals surface area contributed by atoms with E-state index in [1.807, 2.05) is 78.1 Å². The van der Waals surface area contributed by atoms with Gasteiger partial charge in [-0.3, -0.25) is 4.79 Å². The predicted octanol–water partition coefficient (Wildman–Crippen LogP) is 8.57. The number of aromatic nitrogens is 1. The van der Waals surface area contributed by atoms with E-state index < -0.39 is 0 Å². The van der Waals surface area contributed by atoms with E-state index in [-0.39, 0.29) is 42.5 Å². The van der Waals surface area contributed by atoms with Gasteiger partial charge in [-0.1, -0.05) is 59.7 Å². The average Bonchev–Trinajstić information content (AvgIpc) is 3.70. The van der Waals surface area contributed by atoms with E-state index in [0.717, 1.165) is 18.8 Å². The van der Waals surface area contributed by atoms with Crippen molar-refractivity contribution < 1.29 is 34.7 Å². The molecule has 5 heteroatoms. The van der Waals surface area contributed by atoms with Crippen LogP contribution in [0, 0.1) is 16.9 Å². The number of para-hydroxylation sites is 1. The zero-order valence-corrected chi connectivity index (χ0v) is 24.6. The molecule has 0 aliphatic heterocycles. The second-order valence-corrected chi connectivity index (χ2v) is 10.6. The number of aliphatic hydroxyl groups excluding tert-OH is 1. The second kappa shape index (κ2) is 12.7. The molecule has 0 unspecified atom stereocenters. The molecule has 1 saturated carbocycles. The molecule has 1 aliphatic carbocycles. The number of nitrogens with zero attached hydrogens (tertiary/aromatic N) is 1. The molecule has 1 aliphatic rings. The van der Waals surface area contributed by atoms with Gasteiger partial charge in [-0.15, -0.1) is 12.1 Å². The molecule has 36 heavy (non-hydrogen) atoms. The fourth-order valence-corrected chi connectivity index (χ4v) is 3.40. The van der Waals surface area contributed by atoms with E-state index in [1.54, 1.807) is 0 Å². The first kappa shape index (κ1) is 29.7. The first-order chi connectivity index (χ1) is 16.6. The Morgan fingerprint density at radius 2 is 1.78 bits per heavy atom. The summed E-state index contributed by atoms with van der Waals surface area (Å²) in [6.07, 6.45) is 7.53. The molecule has 0 bridgehead atoms. The minimum Gasteiger partial charge on any atom is -0.512 e. The maximum absolute atomic E-state index is 11.8. The van der Waals surface area contributed by atoms with Crippen LogP contribution in [0.5, 0.6) is 11.6 Å². The Balaban J connectivity index is 0.000000260. The van der Waals surface area contributed by atoms with Gasteiger partial charge in [0.05, 0.1) is 0 Å². The smallest absolute Gasteiger partial charge is 0.217 e. The van der Waals surface area contributed by atoms with Gasteiger partial charge in [0.15, 0.2) is 5.78 Å². The minimum atomic E-state index is -0.377. The first-order valence-corrected chi connectivity index (χ1v) is 12.6. The number of allylic oxidation sites excluding steroid dienone is 2. The van der Waals surface area contributed by atoms with Gasteiger partial charge < -0.3 is 9.84 Å². The quantitative estimate of drug-likeness (QED) is 0.149. The third kappa shape index (κ3) is 7.75. The first-order valence-electron chi connectivity index (χ1n) is 12.6. The third-order valence-corrected chi connectivity index (χ3v) is 7.08. The molecule has 3 aromatic rings. The van der Waals surface area contributed by atoms with Gasteiger partial charge in [-0.2, -0.15) is 18.2 Å². The van der Waals surface area contributed by atoms with Crippen molar-refractivity contribution in [2.24, 2.45) is 10.8 Å². The van der Waals surface area contributed by atoms with Crippen molar-refractivity contribution in [2.75, 3.05) is 0 Å². The summed E-state index contributed by atoms with van der Waals surface area (Å²) in [7, 11) is 0. The number of carbonyl (C=O) groups excluding carboxylic acids is 1. The summed E-state index contributed by atoms with van der Waals surface area (Å²) in [4.78, 5) is 16.3. The standard InChI is InChI=1S/C18H14NO.C13H24O2.Ir/c1-2-6-15(7-3-1)20-18-11-14-5-4-8-16(13-9-10-13)17(14)12-19-18;1-7-12(3,4)10(14)9-11(15)13(5,6)8-2;/h1-6,8,11-13H,9-10H2;9,14H,7-8H2,1-6H3;/q-1;;/b;10-9-;. The fourth-order valence-electron chi connectivity index (χ4n) is 3.40. The Labute approximate surface area is 229 Å². The van der Waals surface area contributed by atoms with Crippen molar-refractivity contribution in [2.45, 2.75) is 73.1 Å². The maximum atomic E-state index is 11.8. The van der Waals surface area contributed by atoms with Crippen molar-refractivity contribution in [3.05, 3.63) is 78.2 Å². The molecule has 1 fully saturated rings. The van der Waals surface area contributed by atoms with Crippen molar-refractivity contribution >= 4 is 16.6 Å². The molecule has 2 aromatic carbocycles. The Hall–Kier alpha value is -2.49. The van der Waals surface area contributed by atoms with Gasteiger partial charge in [-0.25, -0.2) is 4.98 Å². The molecule has 1 heterocycles. The SMILES string of the molecule is CCC(C)(C)C(=O)/C=C(\O)C(C)(C)CC.[Ir].[c-]1ccccc1Oc1cc2cccc(C3CC3)c2cn1. The average molecular weight is 665 g/mol. The summed E-state index contributed by atoms with van der Waals surface area (Å²) in [6.45, 7) is 11.7. The van der Waals surface area contributed by atoms with E-state index in [0.29, 0.717) is 11.6 Å². The van der Waals surface area contributed by atoms with Crippen LogP contribution in [0.4, 0.5) is 0 Å². The second-order valence-electron chi connectivity index (χ2n) is 10.6. The van der Waals surface area contributed by atoms with E-state index in [9.17, 15) is 9.90 Å². The zero-order valence-electron chi connectivity index (χ0n) is 22.2. The van der Waals surface area contributed by atoms with E-state index in [2.05, 4.69) is 29.2 Å². The van der Waals surface area contributed by atoms with Crippen molar-refractivity contribution in [1.29, 1.82) is 0 Å². The number of ether oxygens (including phenoxy) is 1. The molecule has 1 N–H and O–H groups in total. The monoisotopic (exact) mass is 665 g/mol. The number of aliphatic hydroxyl groups is 1. The number of ketones is 1. The van der Waals surface area contributed by atoms with Gasteiger partial charge in [0.1, 0.15) is 5.76 Å². The summed E-state index contributed by atoms with van der Waals surface area (Å²) >= 11 is 0. The molecule has 195 valence electrons. The van der Waals surface area contributed by atoms with E-state index in [1.165, 1.54) is 35.3 Å². The van der Waals surface area contributed by atoms with Crippen LogP contribution >= 0.6 is 0 Å². The summed E-state index contributed by atoms with van der Waals surface area (Å²) in [5.74, 6) is 2.24. The minimum absolute atomic E-state index is 0. The molecule has 0 saturated heterocycles. The predicted molar refractivity (Wildman–Crippen MR) is 143 cm³/mol. The molecule has 0 spiro atoms. The summed E-state index contributed by atoms with van der Waals surface area (Å²) in [6, 6.07) is 19.1. The van der Waals surface area contributed by atoms with Crippen LogP contribution in [-0.4, -0.2) is 15.9 Å². The van der Waals surface area contributed by atoms with Crippen molar-refractivity contribution in [3.8, 4) is 11.6 Å². The summed E-state index contributed by atoms with van der Waals surface area (Å²) in [5, 5.41) is 12.3. The number of pyridine rings is 1. The van der Waals surface area contributed by atoms with Crippen LogP contribution in [0.25, 0.3) is 10.8 Å². The van der Waals surface area contributed by atoms with Crippen LogP contribution < -0.4 is 4.74 Å². The number of rotatable bonds is 8. The van der Waals surface area contributed by atoms with Crippen molar-refractivity contribution in [1.82, 2.24) is 4.98 Å². The number of hydrogen-bond donors (Lipinski definition) is 1. The summed E-state index contributed by atoms with van der Waals surface area (Å²) < 4.78 is 5.74.